The highest BCUT2D eigenvalue weighted by Crippen LogP contribution is 2.04. The first-order chi connectivity index (χ1) is 8.99. The number of nitrogens with zero attached hydrogens (tertiary/aromatic N) is 3. The van der Waals surface area contributed by atoms with E-state index in [0.29, 0.717) is 6.20 Å². The van der Waals surface area contributed by atoms with Gasteiger partial charge in [0.25, 0.3) is 5.56 Å². The maximum atomic E-state index is 13.1. The number of aromatic nitrogens is 4. The van der Waals surface area contributed by atoms with E-state index in [2.05, 4.69) is 9.97 Å². The van der Waals surface area contributed by atoms with Crippen molar-refractivity contribution in [2.75, 3.05) is 0 Å². The number of hydrogen-bond donors (Lipinski definition) is 2. The quantitative estimate of drug-likeness (QED) is 0.751. The molecule has 98 valence electrons. The second-order valence-electron chi connectivity index (χ2n) is 3.55. The van der Waals surface area contributed by atoms with Crippen LogP contribution in [0.25, 0.3) is 0 Å². The van der Waals surface area contributed by atoms with Gasteiger partial charge in [0.2, 0.25) is 5.82 Å². The molecule has 0 bridgehead atoms. The minimum absolute atomic E-state index is 0.0241. The maximum absolute atomic E-state index is 13.1. The predicted octanol–water partition coefficient (Wildman–Crippen LogP) is -0.788. The van der Waals surface area contributed by atoms with E-state index in [9.17, 15) is 18.8 Å². The average molecular weight is 266 g/mol. The molecule has 0 saturated heterocycles. The molecule has 0 spiro atoms. The molecule has 0 atom stereocenters. The normalized spacial score (nSPS) is 10.4. The molecular formula is C10H7FN4O4. The molecule has 2 aromatic heterocycles. The van der Waals surface area contributed by atoms with Crippen LogP contribution in [-0.4, -0.2) is 30.6 Å². The molecule has 2 aromatic rings. The van der Waals surface area contributed by atoms with Gasteiger partial charge in [-0.2, -0.15) is 4.39 Å². The van der Waals surface area contributed by atoms with Crippen LogP contribution in [-0.2, 0) is 6.54 Å². The maximum Gasteiger partial charge on any atom is 0.339 e. The first-order valence-corrected chi connectivity index (χ1v) is 5.00. The molecule has 0 fully saturated rings. The summed E-state index contributed by atoms with van der Waals surface area (Å²) < 4.78 is 13.9. The van der Waals surface area contributed by atoms with E-state index in [1.807, 2.05) is 0 Å². The Morgan fingerprint density at radius 2 is 2.21 bits per heavy atom. The Morgan fingerprint density at radius 1 is 1.47 bits per heavy atom. The van der Waals surface area contributed by atoms with Crippen molar-refractivity contribution in [3.8, 4) is 0 Å². The second kappa shape index (κ2) is 4.80. The summed E-state index contributed by atoms with van der Waals surface area (Å²) in [5, 5.41) is 8.91. The van der Waals surface area contributed by atoms with Gasteiger partial charge in [-0.25, -0.2) is 19.6 Å². The second-order valence-corrected chi connectivity index (χ2v) is 3.55. The summed E-state index contributed by atoms with van der Waals surface area (Å²) in [6.07, 6.45) is 2.86. The van der Waals surface area contributed by atoms with Gasteiger partial charge in [-0.3, -0.25) is 14.3 Å². The molecule has 0 aliphatic rings. The summed E-state index contributed by atoms with van der Waals surface area (Å²) in [7, 11) is 0. The first kappa shape index (κ1) is 12.6. The fourth-order valence-corrected chi connectivity index (χ4v) is 1.42. The van der Waals surface area contributed by atoms with Crippen LogP contribution in [0, 0.1) is 5.82 Å². The van der Waals surface area contributed by atoms with Crippen LogP contribution in [0.4, 0.5) is 4.39 Å². The molecule has 0 aliphatic carbocycles. The number of rotatable bonds is 3. The van der Waals surface area contributed by atoms with E-state index < -0.39 is 23.0 Å². The lowest BCUT2D eigenvalue weighted by molar-refractivity contribution is 0.0694. The molecule has 9 heteroatoms. The summed E-state index contributed by atoms with van der Waals surface area (Å²) in [5.74, 6) is -2.42. The number of hydrogen-bond acceptors (Lipinski definition) is 5. The zero-order valence-electron chi connectivity index (χ0n) is 9.33. The van der Waals surface area contributed by atoms with E-state index in [-0.39, 0.29) is 17.8 Å². The number of H-pyrrole nitrogens is 1. The van der Waals surface area contributed by atoms with Crippen LogP contribution < -0.4 is 11.2 Å². The van der Waals surface area contributed by atoms with E-state index in [1.54, 1.807) is 4.98 Å². The third-order valence-corrected chi connectivity index (χ3v) is 2.31. The molecule has 19 heavy (non-hydrogen) atoms. The zero-order chi connectivity index (χ0) is 14.0. The monoisotopic (exact) mass is 266 g/mol. The van der Waals surface area contributed by atoms with Gasteiger partial charge >= 0.3 is 11.7 Å². The van der Waals surface area contributed by atoms with Gasteiger partial charge in [-0.1, -0.05) is 0 Å². The molecule has 0 aromatic carbocycles. The minimum atomic E-state index is -1.27. The molecule has 2 heterocycles. The van der Waals surface area contributed by atoms with Crippen LogP contribution in [0.5, 0.6) is 0 Å². The molecule has 8 nitrogen and oxygen atoms in total. The molecular weight excluding hydrogens is 259 g/mol. The van der Waals surface area contributed by atoms with Gasteiger partial charge in [-0.05, 0) is 0 Å². The fourth-order valence-electron chi connectivity index (χ4n) is 1.42. The van der Waals surface area contributed by atoms with Crippen LogP contribution in [0.1, 0.15) is 16.1 Å². The molecule has 2 rings (SSSR count). The SMILES string of the molecule is O=C(O)c1cncnc1Cn1cc(F)c(=O)[nH]c1=O. The summed E-state index contributed by atoms with van der Waals surface area (Å²) in [5.41, 5.74) is -2.18. The predicted molar refractivity (Wildman–Crippen MR) is 59.4 cm³/mol. The number of carbonyl (C=O) groups is 1. The van der Waals surface area contributed by atoms with Gasteiger partial charge in [0.05, 0.1) is 18.4 Å². The van der Waals surface area contributed by atoms with Crippen LogP contribution >= 0.6 is 0 Å². The van der Waals surface area contributed by atoms with Crippen molar-refractivity contribution < 1.29 is 14.3 Å². The molecule has 0 radical (unpaired) electrons. The number of carboxylic acid groups (broad SMARTS) is 1. The van der Waals surface area contributed by atoms with Crippen LogP contribution in [0.2, 0.25) is 0 Å². The van der Waals surface area contributed by atoms with Crippen LogP contribution in [0.15, 0.2) is 28.3 Å². The largest absolute Gasteiger partial charge is 0.478 e. The van der Waals surface area contributed by atoms with Gasteiger partial charge < -0.3 is 5.11 Å². The molecule has 0 saturated carbocycles. The molecule has 0 aliphatic heterocycles. The van der Waals surface area contributed by atoms with Crippen molar-refractivity contribution >= 4 is 5.97 Å². The number of carboxylic acids is 1. The van der Waals surface area contributed by atoms with Crippen molar-refractivity contribution in [3.05, 3.63) is 56.6 Å². The molecule has 2 N–H and O–H groups in total. The van der Waals surface area contributed by atoms with Crippen molar-refractivity contribution in [2.45, 2.75) is 6.54 Å². The smallest absolute Gasteiger partial charge is 0.339 e. The van der Waals surface area contributed by atoms with Crippen LogP contribution in [0.3, 0.4) is 0 Å². The third-order valence-electron chi connectivity index (χ3n) is 2.31. The highest BCUT2D eigenvalue weighted by Gasteiger charge is 2.13. The third kappa shape index (κ3) is 2.54. The Hall–Kier alpha value is -2.84. The van der Waals surface area contributed by atoms with Crippen molar-refractivity contribution in [1.29, 1.82) is 0 Å². The van der Waals surface area contributed by atoms with E-state index in [4.69, 9.17) is 5.11 Å². The molecule has 0 unspecified atom stereocenters. The van der Waals surface area contributed by atoms with E-state index in [1.165, 1.54) is 0 Å². The number of halogens is 1. The Labute approximate surface area is 104 Å². The lowest BCUT2D eigenvalue weighted by atomic mass is 10.2. The lowest BCUT2D eigenvalue weighted by Gasteiger charge is -2.06. The number of nitrogens with one attached hydrogen (secondary N) is 1. The van der Waals surface area contributed by atoms with E-state index >= 15 is 0 Å². The van der Waals surface area contributed by atoms with Crippen molar-refractivity contribution in [2.24, 2.45) is 0 Å². The summed E-state index contributed by atoms with van der Waals surface area (Å²) in [6, 6.07) is 0. The molecule has 0 amide bonds. The minimum Gasteiger partial charge on any atom is -0.478 e. The van der Waals surface area contributed by atoms with Crippen molar-refractivity contribution in [3.63, 3.8) is 0 Å². The highest BCUT2D eigenvalue weighted by molar-refractivity contribution is 5.88. The van der Waals surface area contributed by atoms with Gasteiger partial charge in [-0.15, -0.1) is 0 Å². The Bertz CT molecular complexity index is 752. The summed E-state index contributed by atoms with van der Waals surface area (Å²) in [4.78, 5) is 42.2. The summed E-state index contributed by atoms with van der Waals surface area (Å²) in [6.45, 7) is -0.295. The van der Waals surface area contributed by atoms with Crippen molar-refractivity contribution in [1.82, 2.24) is 19.5 Å². The average Bonchev–Trinajstić information content (AvgIpc) is 2.36. The number of aromatic amines is 1. The highest BCUT2D eigenvalue weighted by atomic mass is 19.1. The zero-order valence-corrected chi connectivity index (χ0v) is 9.33. The Kier molecular flexibility index (Phi) is 3.19. The van der Waals surface area contributed by atoms with Gasteiger partial charge in [0.15, 0.2) is 0 Å². The first-order valence-electron chi connectivity index (χ1n) is 5.00. The standard InChI is InChI=1S/C10H7FN4O4/c11-6-2-15(10(19)14-8(6)16)3-7-5(9(17)18)1-12-4-13-7/h1-2,4H,3H2,(H,17,18)(H,14,16,19). The fraction of sp³-hybridized carbons (Fsp3) is 0.100. The lowest BCUT2D eigenvalue weighted by Crippen LogP contribution is -2.32. The van der Waals surface area contributed by atoms with Gasteiger partial charge in [0.1, 0.15) is 11.9 Å². The Balaban J connectivity index is 2.48. The summed E-state index contributed by atoms with van der Waals surface area (Å²) >= 11 is 0. The van der Waals surface area contributed by atoms with E-state index in [0.717, 1.165) is 17.1 Å². The topological polar surface area (TPSA) is 118 Å². The Morgan fingerprint density at radius 3 is 2.89 bits per heavy atom. The van der Waals surface area contributed by atoms with Gasteiger partial charge in [0, 0.05) is 6.20 Å². The number of aromatic carboxylic acids is 1.